The lowest BCUT2D eigenvalue weighted by Gasteiger charge is -2.11. The number of hydrogen-bond acceptors (Lipinski definition) is 1. The van der Waals surface area contributed by atoms with Gasteiger partial charge in [-0.1, -0.05) is 30.3 Å². The van der Waals surface area contributed by atoms with E-state index in [0.29, 0.717) is 0 Å². The molecular formula is C8H10Cl3N. The molecule has 0 saturated heterocycles. The highest BCUT2D eigenvalue weighted by molar-refractivity contribution is 6.44. The highest BCUT2D eigenvalue weighted by Gasteiger charge is 2.12. The summed E-state index contributed by atoms with van der Waals surface area (Å²) in [5, 5.41) is 0. The molecule has 2 N–H and O–H groups in total. The molecule has 0 aromatic heterocycles. The van der Waals surface area contributed by atoms with Crippen molar-refractivity contribution < 1.29 is 0 Å². The molecule has 1 aromatic carbocycles. The van der Waals surface area contributed by atoms with Crippen molar-refractivity contribution in [1.29, 1.82) is 0 Å². The molecule has 4 heteroatoms. The van der Waals surface area contributed by atoms with Crippen molar-refractivity contribution in [3.8, 4) is 0 Å². The minimum Gasteiger partial charge on any atom is -0.322 e. The fourth-order valence-corrected chi connectivity index (χ4v) is 1.11. The Labute approximate surface area is 88.3 Å². The van der Waals surface area contributed by atoms with Crippen molar-refractivity contribution in [1.82, 2.24) is 0 Å². The van der Waals surface area contributed by atoms with Crippen molar-refractivity contribution in [2.24, 2.45) is 5.73 Å². The third-order valence-corrected chi connectivity index (χ3v) is 2.00. The van der Waals surface area contributed by atoms with Crippen LogP contribution in [0.15, 0.2) is 30.3 Å². The van der Waals surface area contributed by atoms with Gasteiger partial charge in [-0.3, -0.25) is 0 Å². The summed E-state index contributed by atoms with van der Waals surface area (Å²) < 4.78 is 0. The SMILES string of the molecule is Cl.NC(c1ccccc1)C(Cl)Cl. The van der Waals surface area contributed by atoms with Gasteiger partial charge in [0, 0.05) is 0 Å². The largest absolute Gasteiger partial charge is 0.322 e. The molecule has 1 nitrogen and oxygen atoms in total. The number of nitrogens with two attached hydrogens (primary N) is 1. The third kappa shape index (κ3) is 3.20. The zero-order valence-electron chi connectivity index (χ0n) is 6.28. The summed E-state index contributed by atoms with van der Waals surface area (Å²) in [6.07, 6.45) is 0. The summed E-state index contributed by atoms with van der Waals surface area (Å²) in [6, 6.07) is 9.26. The zero-order chi connectivity index (χ0) is 8.27. The van der Waals surface area contributed by atoms with E-state index in [0.717, 1.165) is 5.56 Å². The summed E-state index contributed by atoms with van der Waals surface area (Å²) in [5.74, 6) is 0. The van der Waals surface area contributed by atoms with Crippen LogP contribution in [0.25, 0.3) is 0 Å². The molecule has 0 fully saturated rings. The highest BCUT2D eigenvalue weighted by Crippen LogP contribution is 2.20. The molecule has 12 heavy (non-hydrogen) atoms. The molecule has 0 aliphatic heterocycles. The van der Waals surface area contributed by atoms with Gasteiger partial charge in [0.1, 0.15) is 4.84 Å². The lowest BCUT2D eigenvalue weighted by atomic mass is 10.1. The van der Waals surface area contributed by atoms with Gasteiger partial charge in [-0.2, -0.15) is 0 Å². The molecule has 68 valence electrons. The molecule has 0 bridgehead atoms. The van der Waals surface area contributed by atoms with Gasteiger partial charge < -0.3 is 5.73 Å². The molecule has 0 aliphatic carbocycles. The van der Waals surface area contributed by atoms with Crippen molar-refractivity contribution in [2.45, 2.75) is 10.9 Å². The first-order valence-electron chi connectivity index (χ1n) is 3.30. The fourth-order valence-electron chi connectivity index (χ4n) is 0.821. The van der Waals surface area contributed by atoms with Crippen LogP contribution in [0.3, 0.4) is 0 Å². The summed E-state index contributed by atoms with van der Waals surface area (Å²) in [5.41, 5.74) is 6.63. The van der Waals surface area contributed by atoms with Gasteiger partial charge in [-0.25, -0.2) is 0 Å². The first-order valence-corrected chi connectivity index (χ1v) is 4.18. The molecule has 1 unspecified atom stereocenters. The van der Waals surface area contributed by atoms with Gasteiger partial charge in [0.15, 0.2) is 0 Å². The van der Waals surface area contributed by atoms with E-state index in [-0.39, 0.29) is 18.4 Å². The van der Waals surface area contributed by atoms with E-state index >= 15 is 0 Å². The Morgan fingerprint density at radius 1 is 1.08 bits per heavy atom. The molecule has 0 radical (unpaired) electrons. The smallest absolute Gasteiger partial charge is 0.127 e. The third-order valence-electron chi connectivity index (χ3n) is 1.46. The van der Waals surface area contributed by atoms with Crippen LogP contribution in [0.5, 0.6) is 0 Å². The van der Waals surface area contributed by atoms with Crippen LogP contribution < -0.4 is 5.73 Å². The van der Waals surface area contributed by atoms with Crippen molar-refractivity contribution in [3.63, 3.8) is 0 Å². The quantitative estimate of drug-likeness (QED) is 0.771. The number of benzene rings is 1. The Kier molecular flexibility index (Phi) is 5.68. The van der Waals surface area contributed by atoms with Gasteiger partial charge in [-0.05, 0) is 5.56 Å². The minimum atomic E-state index is -0.544. The van der Waals surface area contributed by atoms with Crippen LogP contribution in [-0.4, -0.2) is 4.84 Å². The summed E-state index contributed by atoms with van der Waals surface area (Å²) in [7, 11) is 0. The summed E-state index contributed by atoms with van der Waals surface area (Å²) in [6.45, 7) is 0. The molecule has 1 rings (SSSR count). The van der Waals surface area contributed by atoms with E-state index < -0.39 is 4.84 Å². The Hall–Kier alpha value is 0.0500. The second-order valence-corrected chi connectivity index (χ2v) is 3.43. The first-order chi connectivity index (χ1) is 5.22. The van der Waals surface area contributed by atoms with Gasteiger partial charge in [-0.15, -0.1) is 35.6 Å². The van der Waals surface area contributed by atoms with E-state index in [9.17, 15) is 0 Å². The summed E-state index contributed by atoms with van der Waals surface area (Å²) in [4.78, 5) is -0.544. The van der Waals surface area contributed by atoms with Crippen molar-refractivity contribution in [2.75, 3.05) is 0 Å². The second-order valence-electron chi connectivity index (χ2n) is 2.27. The number of rotatable bonds is 2. The average molecular weight is 227 g/mol. The van der Waals surface area contributed by atoms with E-state index in [4.69, 9.17) is 28.9 Å². The lowest BCUT2D eigenvalue weighted by molar-refractivity contribution is 0.789. The molecule has 1 aromatic rings. The van der Waals surface area contributed by atoms with Gasteiger partial charge in [0.05, 0.1) is 6.04 Å². The van der Waals surface area contributed by atoms with Gasteiger partial charge in [0.25, 0.3) is 0 Å². The van der Waals surface area contributed by atoms with Crippen LogP contribution >= 0.6 is 35.6 Å². The van der Waals surface area contributed by atoms with Crippen LogP contribution in [-0.2, 0) is 0 Å². The Bertz CT molecular complexity index is 213. The van der Waals surface area contributed by atoms with E-state index in [1.807, 2.05) is 30.3 Å². The fraction of sp³-hybridized carbons (Fsp3) is 0.250. The molecule has 0 spiro atoms. The van der Waals surface area contributed by atoms with Gasteiger partial charge in [0.2, 0.25) is 0 Å². The molecular weight excluding hydrogens is 216 g/mol. The number of halogens is 3. The Morgan fingerprint density at radius 2 is 1.58 bits per heavy atom. The molecule has 0 aliphatic rings. The molecule has 0 amide bonds. The van der Waals surface area contributed by atoms with E-state index in [1.165, 1.54) is 0 Å². The average Bonchev–Trinajstić information content (AvgIpc) is 2.05. The lowest BCUT2D eigenvalue weighted by Crippen LogP contribution is -2.16. The Morgan fingerprint density at radius 3 is 2.00 bits per heavy atom. The van der Waals surface area contributed by atoms with Crippen molar-refractivity contribution >= 4 is 35.6 Å². The van der Waals surface area contributed by atoms with Crippen molar-refractivity contribution in [3.05, 3.63) is 35.9 Å². The minimum absolute atomic E-state index is 0. The standard InChI is InChI=1S/C8H9Cl2N.ClH/c9-8(10)7(11)6-4-2-1-3-5-6;/h1-5,7-8H,11H2;1H. The molecule has 1 atom stereocenters. The van der Waals surface area contributed by atoms with Crippen LogP contribution in [0.2, 0.25) is 0 Å². The second kappa shape index (κ2) is 5.65. The maximum absolute atomic E-state index is 5.67. The topological polar surface area (TPSA) is 26.0 Å². The monoisotopic (exact) mass is 225 g/mol. The first kappa shape index (κ1) is 12.0. The molecule has 0 heterocycles. The molecule has 0 saturated carbocycles. The summed E-state index contributed by atoms with van der Waals surface area (Å²) >= 11 is 11.2. The predicted molar refractivity (Wildman–Crippen MR) is 56.1 cm³/mol. The maximum Gasteiger partial charge on any atom is 0.127 e. The highest BCUT2D eigenvalue weighted by atomic mass is 35.5. The predicted octanol–water partition coefficient (Wildman–Crippen LogP) is 2.91. The van der Waals surface area contributed by atoms with E-state index in [1.54, 1.807) is 0 Å². The van der Waals surface area contributed by atoms with Crippen LogP contribution in [0.1, 0.15) is 11.6 Å². The maximum atomic E-state index is 5.67. The van der Waals surface area contributed by atoms with E-state index in [2.05, 4.69) is 0 Å². The van der Waals surface area contributed by atoms with Crippen LogP contribution in [0, 0.1) is 0 Å². The number of hydrogen-bond donors (Lipinski definition) is 1. The van der Waals surface area contributed by atoms with Crippen LogP contribution in [0.4, 0.5) is 0 Å². The normalized spacial score (nSPS) is 12.3. The number of alkyl halides is 2. The van der Waals surface area contributed by atoms with Gasteiger partial charge >= 0.3 is 0 Å². The zero-order valence-corrected chi connectivity index (χ0v) is 8.61. The Balaban J connectivity index is 0.00000121.